The lowest BCUT2D eigenvalue weighted by atomic mass is 10.2. The SMILES string of the molecule is CC[C@@H](C(=O)NCN1CCCC1)N1CCCC1=O. The van der Waals surface area contributed by atoms with Crippen LogP contribution in [0.5, 0.6) is 0 Å². The lowest BCUT2D eigenvalue weighted by Crippen LogP contribution is -2.49. The molecule has 2 fully saturated rings. The van der Waals surface area contributed by atoms with Crippen LogP contribution in [0.25, 0.3) is 0 Å². The summed E-state index contributed by atoms with van der Waals surface area (Å²) < 4.78 is 0. The zero-order chi connectivity index (χ0) is 13.0. The van der Waals surface area contributed by atoms with E-state index in [0.717, 1.165) is 26.1 Å². The van der Waals surface area contributed by atoms with Crippen molar-refractivity contribution in [3.05, 3.63) is 0 Å². The summed E-state index contributed by atoms with van der Waals surface area (Å²) in [6.45, 7) is 5.46. The fourth-order valence-corrected chi connectivity index (χ4v) is 2.79. The monoisotopic (exact) mass is 253 g/mol. The molecule has 0 bridgehead atoms. The van der Waals surface area contributed by atoms with E-state index < -0.39 is 0 Å². The maximum Gasteiger partial charge on any atom is 0.243 e. The zero-order valence-electron chi connectivity index (χ0n) is 11.2. The van der Waals surface area contributed by atoms with E-state index in [0.29, 0.717) is 19.5 Å². The molecule has 2 rings (SSSR count). The Kier molecular flexibility index (Phi) is 4.58. The maximum absolute atomic E-state index is 12.1. The molecular formula is C13H23N3O2. The van der Waals surface area contributed by atoms with Crippen molar-refractivity contribution < 1.29 is 9.59 Å². The van der Waals surface area contributed by atoms with Crippen LogP contribution in [0.4, 0.5) is 0 Å². The number of likely N-dealkylation sites (tertiary alicyclic amines) is 2. The minimum Gasteiger partial charge on any atom is -0.342 e. The molecule has 0 unspecified atom stereocenters. The van der Waals surface area contributed by atoms with Crippen molar-refractivity contribution in [3.8, 4) is 0 Å². The molecule has 0 spiro atoms. The molecular weight excluding hydrogens is 230 g/mol. The van der Waals surface area contributed by atoms with E-state index in [4.69, 9.17) is 0 Å². The molecule has 0 aromatic heterocycles. The van der Waals surface area contributed by atoms with E-state index in [9.17, 15) is 9.59 Å². The molecule has 5 heteroatoms. The Morgan fingerprint density at radius 1 is 1.28 bits per heavy atom. The maximum atomic E-state index is 12.1. The van der Waals surface area contributed by atoms with Gasteiger partial charge in [-0.3, -0.25) is 14.5 Å². The van der Waals surface area contributed by atoms with Crippen LogP contribution < -0.4 is 5.32 Å². The van der Waals surface area contributed by atoms with E-state index in [2.05, 4.69) is 10.2 Å². The van der Waals surface area contributed by atoms with Crippen molar-refractivity contribution in [2.75, 3.05) is 26.3 Å². The van der Waals surface area contributed by atoms with Crippen molar-refractivity contribution in [1.29, 1.82) is 0 Å². The van der Waals surface area contributed by atoms with Crippen LogP contribution in [0.15, 0.2) is 0 Å². The predicted octanol–water partition coefficient (Wildman–Crippen LogP) is 0.557. The molecule has 2 aliphatic rings. The van der Waals surface area contributed by atoms with Crippen LogP contribution in [0.1, 0.15) is 39.0 Å². The summed E-state index contributed by atoms with van der Waals surface area (Å²) in [7, 11) is 0. The van der Waals surface area contributed by atoms with Gasteiger partial charge in [0.1, 0.15) is 6.04 Å². The first-order chi connectivity index (χ1) is 8.72. The average molecular weight is 253 g/mol. The highest BCUT2D eigenvalue weighted by Crippen LogP contribution is 2.16. The Bertz CT molecular complexity index is 313. The summed E-state index contributed by atoms with van der Waals surface area (Å²) in [5.74, 6) is 0.123. The third-order valence-corrected chi connectivity index (χ3v) is 3.85. The van der Waals surface area contributed by atoms with Gasteiger partial charge in [-0.1, -0.05) is 6.92 Å². The van der Waals surface area contributed by atoms with Crippen LogP contribution in [0.2, 0.25) is 0 Å². The fraction of sp³-hybridized carbons (Fsp3) is 0.846. The molecule has 1 N–H and O–H groups in total. The standard InChI is InChI=1S/C13H23N3O2/c1-2-11(16-9-5-6-12(16)17)13(18)14-10-15-7-3-4-8-15/h11H,2-10H2,1H3,(H,14,18)/t11-/m0/s1. The first kappa shape index (κ1) is 13.3. The van der Waals surface area contributed by atoms with Gasteiger partial charge in [0.25, 0.3) is 0 Å². The van der Waals surface area contributed by atoms with Gasteiger partial charge in [0.05, 0.1) is 6.67 Å². The first-order valence-electron chi connectivity index (χ1n) is 7.02. The Balaban J connectivity index is 1.82. The van der Waals surface area contributed by atoms with Crippen molar-refractivity contribution in [2.45, 2.75) is 45.1 Å². The number of hydrogen-bond acceptors (Lipinski definition) is 3. The largest absolute Gasteiger partial charge is 0.342 e. The van der Waals surface area contributed by atoms with Gasteiger partial charge in [-0.2, -0.15) is 0 Å². The quantitative estimate of drug-likeness (QED) is 0.779. The first-order valence-corrected chi connectivity index (χ1v) is 7.02. The van der Waals surface area contributed by atoms with Gasteiger partial charge in [0.2, 0.25) is 11.8 Å². The normalized spacial score (nSPS) is 22.5. The summed E-state index contributed by atoms with van der Waals surface area (Å²) in [4.78, 5) is 27.8. The molecule has 0 aliphatic carbocycles. The summed E-state index contributed by atoms with van der Waals surface area (Å²) in [5.41, 5.74) is 0. The second kappa shape index (κ2) is 6.18. The number of hydrogen-bond donors (Lipinski definition) is 1. The summed E-state index contributed by atoms with van der Waals surface area (Å²) in [6, 6.07) is -0.275. The molecule has 0 radical (unpaired) electrons. The Morgan fingerprint density at radius 3 is 2.56 bits per heavy atom. The van der Waals surface area contributed by atoms with E-state index in [-0.39, 0.29) is 17.9 Å². The number of nitrogens with one attached hydrogen (secondary N) is 1. The summed E-state index contributed by atoms with van der Waals surface area (Å²) in [5, 5.41) is 2.97. The highest BCUT2D eigenvalue weighted by atomic mass is 16.2. The van der Waals surface area contributed by atoms with Crippen LogP contribution >= 0.6 is 0 Å². The highest BCUT2D eigenvalue weighted by Gasteiger charge is 2.31. The van der Waals surface area contributed by atoms with Crippen molar-refractivity contribution in [1.82, 2.24) is 15.1 Å². The Hall–Kier alpha value is -1.10. The smallest absolute Gasteiger partial charge is 0.243 e. The van der Waals surface area contributed by atoms with Crippen LogP contribution in [-0.4, -0.2) is 54.0 Å². The fourth-order valence-electron chi connectivity index (χ4n) is 2.79. The number of rotatable bonds is 5. The Labute approximate surface area is 108 Å². The van der Waals surface area contributed by atoms with Gasteiger partial charge >= 0.3 is 0 Å². The molecule has 102 valence electrons. The molecule has 0 saturated carbocycles. The molecule has 0 aromatic carbocycles. The van der Waals surface area contributed by atoms with Gasteiger partial charge < -0.3 is 10.2 Å². The molecule has 5 nitrogen and oxygen atoms in total. The summed E-state index contributed by atoms with van der Waals surface area (Å²) >= 11 is 0. The molecule has 2 heterocycles. The van der Waals surface area contributed by atoms with Gasteiger partial charge in [-0.15, -0.1) is 0 Å². The van der Waals surface area contributed by atoms with Crippen LogP contribution in [-0.2, 0) is 9.59 Å². The topological polar surface area (TPSA) is 52.7 Å². The molecule has 2 amide bonds. The van der Waals surface area contributed by atoms with Gasteiger partial charge in [0.15, 0.2) is 0 Å². The second-order valence-electron chi connectivity index (χ2n) is 5.14. The number of nitrogens with zero attached hydrogens (tertiary/aromatic N) is 2. The molecule has 18 heavy (non-hydrogen) atoms. The van der Waals surface area contributed by atoms with Crippen LogP contribution in [0.3, 0.4) is 0 Å². The number of carbonyl (C=O) groups excluding carboxylic acids is 2. The lowest BCUT2D eigenvalue weighted by molar-refractivity contribution is -0.137. The minimum absolute atomic E-state index is 0.000324. The van der Waals surface area contributed by atoms with E-state index in [1.54, 1.807) is 4.90 Å². The van der Waals surface area contributed by atoms with Gasteiger partial charge in [0, 0.05) is 13.0 Å². The van der Waals surface area contributed by atoms with Crippen molar-refractivity contribution >= 4 is 11.8 Å². The highest BCUT2D eigenvalue weighted by molar-refractivity contribution is 5.88. The predicted molar refractivity (Wildman–Crippen MR) is 68.8 cm³/mol. The lowest BCUT2D eigenvalue weighted by Gasteiger charge is -2.26. The van der Waals surface area contributed by atoms with Crippen molar-refractivity contribution in [2.24, 2.45) is 0 Å². The second-order valence-corrected chi connectivity index (χ2v) is 5.14. The zero-order valence-corrected chi connectivity index (χ0v) is 11.2. The third kappa shape index (κ3) is 3.02. The molecule has 2 saturated heterocycles. The number of carbonyl (C=O) groups is 2. The Morgan fingerprint density at radius 2 is 2.00 bits per heavy atom. The van der Waals surface area contributed by atoms with Gasteiger partial charge in [-0.05, 0) is 38.8 Å². The minimum atomic E-state index is -0.275. The average Bonchev–Trinajstić information content (AvgIpc) is 3.00. The van der Waals surface area contributed by atoms with Crippen LogP contribution in [0, 0.1) is 0 Å². The van der Waals surface area contributed by atoms with Gasteiger partial charge in [-0.25, -0.2) is 0 Å². The third-order valence-electron chi connectivity index (χ3n) is 3.85. The molecule has 1 atom stereocenters. The summed E-state index contributed by atoms with van der Waals surface area (Å²) in [6.07, 6.45) is 4.61. The molecule has 2 aliphatic heterocycles. The molecule has 0 aromatic rings. The van der Waals surface area contributed by atoms with Crippen molar-refractivity contribution in [3.63, 3.8) is 0 Å². The van der Waals surface area contributed by atoms with E-state index in [1.807, 2.05) is 6.92 Å². The number of amides is 2. The van der Waals surface area contributed by atoms with E-state index >= 15 is 0 Å². The van der Waals surface area contributed by atoms with E-state index in [1.165, 1.54) is 12.8 Å².